The van der Waals surface area contributed by atoms with E-state index in [1.807, 2.05) is 0 Å². The molecule has 0 saturated heterocycles. The molecule has 21 heavy (non-hydrogen) atoms. The fourth-order valence-electron chi connectivity index (χ4n) is 2.07. The number of phosphoric acid groups is 1. The third-order valence-corrected chi connectivity index (χ3v) is 3.18. The zero-order valence-electron chi connectivity index (χ0n) is 14.4. The molecule has 0 aliphatic carbocycles. The SMILES string of the molecule is CCCCCCCCCCCC[N+](C)(C)C.O=P(O)(O)O. The van der Waals surface area contributed by atoms with Crippen molar-refractivity contribution in [2.24, 2.45) is 0 Å². The van der Waals surface area contributed by atoms with Crippen LogP contribution in [0, 0.1) is 0 Å². The van der Waals surface area contributed by atoms with Gasteiger partial charge in [-0.25, -0.2) is 4.57 Å². The summed E-state index contributed by atoms with van der Waals surface area (Å²) in [6.45, 7) is 3.62. The van der Waals surface area contributed by atoms with Crippen molar-refractivity contribution in [1.29, 1.82) is 0 Å². The Morgan fingerprint density at radius 1 is 0.714 bits per heavy atom. The Morgan fingerprint density at radius 3 is 1.29 bits per heavy atom. The van der Waals surface area contributed by atoms with Gasteiger partial charge >= 0.3 is 7.82 Å². The molecule has 0 amide bonds. The monoisotopic (exact) mass is 326 g/mol. The molecule has 0 heterocycles. The zero-order chi connectivity index (χ0) is 16.8. The smallest absolute Gasteiger partial charge is 0.331 e. The van der Waals surface area contributed by atoms with Crippen molar-refractivity contribution in [2.75, 3.05) is 27.7 Å². The zero-order valence-corrected chi connectivity index (χ0v) is 15.3. The minimum Gasteiger partial charge on any atom is -0.331 e. The molecule has 0 bridgehead atoms. The van der Waals surface area contributed by atoms with Gasteiger partial charge in [-0.1, -0.05) is 58.3 Å². The second kappa shape index (κ2) is 13.7. The maximum absolute atomic E-state index is 8.88. The lowest BCUT2D eigenvalue weighted by Gasteiger charge is -2.23. The summed E-state index contributed by atoms with van der Waals surface area (Å²) in [5, 5.41) is 0. The summed E-state index contributed by atoms with van der Waals surface area (Å²) < 4.78 is 10.0. The largest absolute Gasteiger partial charge is 0.466 e. The highest BCUT2D eigenvalue weighted by Crippen LogP contribution is 2.25. The van der Waals surface area contributed by atoms with E-state index in [0.717, 1.165) is 4.48 Å². The molecule has 6 heteroatoms. The van der Waals surface area contributed by atoms with Crippen LogP contribution < -0.4 is 0 Å². The fourth-order valence-corrected chi connectivity index (χ4v) is 2.07. The second-order valence-electron chi connectivity index (χ2n) is 6.71. The van der Waals surface area contributed by atoms with Crippen LogP contribution in [0.1, 0.15) is 71.1 Å². The Balaban J connectivity index is 0. The Morgan fingerprint density at radius 2 is 1.00 bits per heavy atom. The highest BCUT2D eigenvalue weighted by atomic mass is 31.2. The van der Waals surface area contributed by atoms with Gasteiger partial charge in [-0.05, 0) is 12.8 Å². The summed E-state index contributed by atoms with van der Waals surface area (Å²) in [4.78, 5) is 21.6. The molecule has 0 aliphatic rings. The Hall–Kier alpha value is 0.0700. The molecule has 0 aliphatic heterocycles. The lowest BCUT2D eigenvalue weighted by Crippen LogP contribution is -2.35. The van der Waals surface area contributed by atoms with Crippen LogP contribution >= 0.6 is 7.82 Å². The van der Waals surface area contributed by atoms with Gasteiger partial charge in [0, 0.05) is 0 Å². The number of hydrogen-bond donors (Lipinski definition) is 3. The maximum atomic E-state index is 8.88. The summed E-state index contributed by atoms with van der Waals surface area (Å²) in [5.74, 6) is 0. The number of quaternary nitrogens is 1. The second-order valence-corrected chi connectivity index (χ2v) is 7.74. The molecule has 0 aromatic carbocycles. The average molecular weight is 326 g/mol. The van der Waals surface area contributed by atoms with Crippen molar-refractivity contribution in [3.05, 3.63) is 0 Å². The van der Waals surface area contributed by atoms with E-state index >= 15 is 0 Å². The predicted octanol–water partition coefficient (Wildman–Crippen LogP) is 3.68. The van der Waals surface area contributed by atoms with Crippen LogP contribution in [0.4, 0.5) is 0 Å². The first-order valence-electron chi connectivity index (χ1n) is 8.15. The van der Waals surface area contributed by atoms with E-state index in [2.05, 4.69) is 28.1 Å². The highest BCUT2D eigenvalue weighted by molar-refractivity contribution is 7.45. The van der Waals surface area contributed by atoms with Crippen molar-refractivity contribution in [1.82, 2.24) is 0 Å². The molecular formula is C15H37NO4P+. The molecular weight excluding hydrogens is 289 g/mol. The molecule has 0 unspecified atom stereocenters. The Kier molecular flexibility index (Phi) is 15.2. The summed E-state index contributed by atoms with van der Waals surface area (Å²) in [7, 11) is 2.22. The molecule has 0 rings (SSSR count). The first kappa shape index (κ1) is 23.3. The molecule has 3 N–H and O–H groups in total. The minimum absolute atomic E-state index is 1.12. The molecule has 130 valence electrons. The van der Waals surface area contributed by atoms with Gasteiger partial charge in [0.25, 0.3) is 0 Å². The van der Waals surface area contributed by atoms with Gasteiger partial charge in [-0.15, -0.1) is 0 Å². The van der Waals surface area contributed by atoms with Gasteiger partial charge in [0.1, 0.15) is 0 Å². The first-order valence-corrected chi connectivity index (χ1v) is 9.71. The fraction of sp³-hybridized carbons (Fsp3) is 1.00. The standard InChI is InChI=1S/C15H34N.H3O4P/c1-5-6-7-8-9-10-11-12-13-14-15-16(2,3)4;1-5(2,3)4/h5-15H2,1-4H3;(H3,1,2,3,4)/q+1;. The van der Waals surface area contributed by atoms with E-state index in [0.29, 0.717) is 0 Å². The molecule has 0 atom stereocenters. The molecule has 5 nitrogen and oxygen atoms in total. The third-order valence-electron chi connectivity index (χ3n) is 3.18. The minimum atomic E-state index is -4.64. The van der Waals surface area contributed by atoms with Crippen LogP contribution in [0.3, 0.4) is 0 Å². The third kappa shape index (κ3) is 38.4. The van der Waals surface area contributed by atoms with Crippen molar-refractivity contribution in [2.45, 2.75) is 71.1 Å². The first-order chi connectivity index (χ1) is 9.56. The quantitative estimate of drug-likeness (QED) is 0.307. The molecule has 0 saturated carbocycles. The number of hydrogen-bond acceptors (Lipinski definition) is 1. The summed E-state index contributed by atoms with van der Waals surface area (Å²) in [6.07, 6.45) is 14.4. The summed E-state index contributed by atoms with van der Waals surface area (Å²) in [5.41, 5.74) is 0. The topological polar surface area (TPSA) is 77.8 Å². The van der Waals surface area contributed by atoms with E-state index in [1.165, 1.54) is 70.8 Å². The van der Waals surface area contributed by atoms with Gasteiger partial charge in [0.2, 0.25) is 0 Å². The Labute approximate surface area is 131 Å². The lowest BCUT2D eigenvalue weighted by molar-refractivity contribution is -0.870. The maximum Gasteiger partial charge on any atom is 0.466 e. The van der Waals surface area contributed by atoms with Gasteiger partial charge in [0.05, 0.1) is 27.7 Å². The predicted molar refractivity (Wildman–Crippen MR) is 89.0 cm³/mol. The van der Waals surface area contributed by atoms with E-state index in [4.69, 9.17) is 19.2 Å². The molecule has 0 fully saturated rings. The average Bonchev–Trinajstić information content (AvgIpc) is 2.28. The Bertz CT molecular complexity index is 253. The van der Waals surface area contributed by atoms with Gasteiger partial charge in [0.15, 0.2) is 0 Å². The van der Waals surface area contributed by atoms with Gasteiger partial charge in [-0.2, -0.15) is 0 Å². The van der Waals surface area contributed by atoms with Crippen LogP contribution in [0.15, 0.2) is 0 Å². The number of rotatable bonds is 11. The van der Waals surface area contributed by atoms with E-state index in [-0.39, 0.29) is 0 Å². The number of nitrogens with zero attached hydrogens (tertiary/aromatic N) is 1. The van der Waals surface area contributed by atoms with Crippen LogP contribution in [0.25, 0.3) is 0 Å². The van der Waals surface area contributed by atoms with Gasteiger partial charge in [-0.3, -0.25) is 0 Å². The molecule has 0 aromatic heterocycles. The molecule has 0 radical (unpaired) electrons. The summed E-state index contributed by atoms with van der Waals surface area (Å²) >= 11 is 0. The van der Waals surface area contributed by atoms with Crippen molar-refractivity contribution in [3.8, 4) is 0 Å². The number of unbranched alkanes of at least 4 members (excludes halogenated alkanes) is 9. The normalized spacial score (nSPS) is 12.0. The van der Waals surface area contributed by atoms with E-state index in [9.17, 15) is 0 Å². The molecule has 0 spiro atoms. The van der Waals surface area contributed by atoms with Crippen LogP contribution in [-0.4, -0.2) is 46.9 Å². The van der Waals surface area contributed by atoms with Crippen molar-refractivity contribution in [3.63, 3.8) is 0 Å². The van der Waals surface area contributed by atoms with E-state index < -0.39 is 7.82 Å². The van der Waals surface area contributed by atoms with Crippen molar-refractivity contribution >= 4 is 7.82 Å². The van der Waals surface area contributed by atoms with Crippen LogP contribution in [0.5, 0.6) is 0 Å². The lowest BCUT2D eigenvalue weighted by atomic mass is 10.1. The van der Waals surface area contributed by atoms with Crippen LogP contribution in [0.2, 0.25) is 0 Å². The van der Waals surface area contributed by atoms with E-state index in [1.54, 1.807) is 0 Å². The van der Waals surface area contributed by atoms with Crippen molar-refractivity contribution < 1.29 is 23.7 Å². The van der Waals surface area contributed by atoms with Crippen LogP contribution in [-0.2, 0) is 4.57 Å². The molecule has 0 aromatic rings. The van der Waals surface area contributed by atoms with Gasteiger partial charge < -0.3 is 19.2 Å². The summed E-state index contributed by atoms with van der Waals surface area (Å²) in [6, 6.07) is 0. The highest BCUT2D eigenvalue weighted by Gasteiger charge is 2.04.